The summed E-state index contributed by atoms with van der Waals surface area (Å²) in [4.78, 5) is 2.70. The normalized spacial score (nSPS) is 26.1. The minimum absolute atomic E-state index is 0.773. The van der Waals surface area contributed by atoms with E-state index in [-0.39, 0.29) is 0 Å². The minimum Gasteiger partial charge on any atom is -0.313 e. The number of allylic oxidation sites excluding steroid dienone is 1. The molecule has 2 nitrogen and oxygen atoms in total. The lowest BCUT2D eigenvalue weighted by atomic mass is 10.2. The number of hydrogen-bond acceptors (Lipinski definition) is 2. The van der Waals surface area contributed by atoms with Crippen molar-refractivity contribution in [1.82, 2.24) is 10.2 Å². The maximum absolute atomic E-state index is 3.79. The summed E-state index contributed by atoms with van der Waals surface area (Å²) in [7, 11) is 0. The quantitative estimate of drug-likeness (QED) is 0.509. The van der Waals surface area contributed by atoms with Gasteiger partial charge in [0.2, 0.25) is 0 Å². The van der Waals surface area contributed by atoms with E-state index in [1.54, 1.807) is 0 Å². The highest BCUT2D eigenvalue weighted by Gasteiger charge is 2.30. The third kappa shape index (κ3) is 3.62. The first-order chi connectivity index (χ1) is 7.40. The third-order valence-electron chi connectivity index (χ3n) is 3.53. The number of unbranched alkanes of at least 4 members (excludes halogenated alkanes) is 1. The van der Waals surface area contributed by atoms with Gasteiger partial charge in [-0.2, -0.15) is 0 Å². The first-order valence-corrected chi connectivity index (χ1v) is 6.48. The Hall–Kier alpha value is -0.340. The zero-order chi connectivity index (χ0) is 10.5. The second kappa shape index (κ2) is 5.66. The molecule has 2 fully saturated rings. The summed E-state index contributed by atoms with van der Waals surface area (Å²) >= 11 is 0. The molecule has 1 N–H and O–H groups in total. The fourth-order valence-corrected chi connectivity index (χ4v) is 2.50. The predicted molar refractivity (Wildman–Crippen MR) is 65.1 cm³/mol. The molecule has 2 heteroatoms. The third-order valence-corrected chi connectivity index (χ3v) is 3.53. The Bertz CT molecular complexity index is 193. The average molecular weight is 208 g/mol. The van der Waals surface area contributed by atoms with Crippen LogP contribution in [0.1, 0.15) is 38.5 Å². The van der Waals surface area contributed by atoms with Gasteiger partial charge in [-0.3, -0.25) is 4.90 Å². The van der Waals surface area contributed by atoms with Crippen molar-refractivity contribution in [3.8, 4) is 0 Å². The van der Waals surface area contributed by atoms with E-state index in [1.807, 2.05) is 6.08 Å². The van der Waals surface area contributed by atoms with E-state index in [0.29, 0.717) is 0 Å². The van der Waals surface area contributed by atoms with E-state index in [4.69, 9.17) is 0 Å². The van der Waals surface area contributed by atoms with Gasteiger partial charge >= 0.3 is 0 Å². The van der Waals surface area contributed by atoms with Crippen molar-refractivity contribution in [3.05, 3.63) is 12.7 Å². The van der Waals surface area contributed by atoms with E-state index in [2.05, 4.69) is 16.8 Å². The number of rotatable bonds is 7. The standard InChI is InChI=1S/C13H24N2/c1-2-3-4-10-15(13-7-8-13)11-12-6-5-9-14-12/h2,12-14H,1,3-11H2. The SMILES string of the molecule is C=CCCCN(CC1CCCN1)C1CC1. The Morgan fingerprint density at radius 1 is 1.33 bits per heavy atom. The van der Waals surface area contributed by atoms with Crippen LogP contribution in [0.2, 0.25) is 0 Å². The van der Waals surface area contributed by atoms with Crippen molar-refractivity contribution >= 4 is 0 Å². The summed E-state index contributed by atoms with van der Waals surface area (Å²) in [6.07, 6.45) is 10.1. The van der Waals surface area contributed by atoms with Gasteiger partial charge in [0, 0.05) is 18.6 Å². The van der Waals surface area contributed by atoms with Crippen molar-refractivity contribution < 1.29 is 0 Å². The second-order valence-corrected chi connectivity index (χ2v) is 4.95. The topological polar surface area (TPSA) is 15.3 Å². The first-order valence-electron chi connectivity index (χ1n) is 6.48. The molecule has 0 aromatic heterocycles. The molecule has 1 saturated heterocycles. The molecule has 0 radical (unpaired) electrons. The van der Waals surface area contributed by atoms with Crippen LogP contribution >= 0.6 is 0 Å². The van der Waals surface area contributed by atoms with Gasteiger partial charge < -0.3 is 5.32 Å². The van der Waals surface area contributed by atoms with E-state index < -0.39 is 0 Å². The highest BCUT2D eigenvalue weighted by molar-refractivity contribution is 4.88. The van der Waals surface area contributed by atoms with Crippen LogP contribution in [-0.4, -0.2) is 36.6 Å². The molecule has 0 aromatic rings. The Kier molecular flexibility index (Phi) is 4.21. The van der Waals surface area contributed by atoms with Gasteiger partial charge in [0.25, 0.3) is 0 Å². The van der Waals surface area contributed by atoms with Gasteiger partial charge in [0.1, 0.15) is 0 Å². The molecule has 2 aliphatic rings. The highest BCUT2D eigenvalue weighted by Crippen LogP contribution is 2.27. The van der Waals surface area contributed by atoms with E-state index in [1.165, 1.54) is 58.2 Å². The molecule has 1 aliphatic heterocycles. The Morgan fingerprint density at radius 2 is 2.20 bits per heavy atom. The smallest absolute Gasteiger partial charge is 0.0195 e. The molecule has 0 aromatic carbocycles. The van der Waals surface area contributed by atoms with Crippen molar-refractivity contribution in [3.63, 3.8) is 0 Å². The predicted octanol–water partition coefficient (Wildman–Crippen LogP) is 2.17. The van der Waals surface area contributed by atoms with Gasteiger partial charge in [-0.05, 0) is 51.6 Å². The molecule has 1 saturated carbocycles. The molecule has 1 atom stereocenters. The van der Waals surface area contributed by atoms with Crippen LogP contribution in [0.25, 0.3) is 0 Å². The molecule has 1 unspecified atom stereocenters. The van der Waals surface area contributed by atoms with Crippen LogP contribution in [0.5, 0.6) is 0 Å². The van der Waals surface area contributed by atoms with Gasteiger partial charge in [0.15, 0.2) is 0 Å². The molecule has 1 heterocycles. The van der Waals surface area contributed by atoms with Crippen LogP contribution in [0.4, 0.5) is 0 Å². The van der Waals surface area contributed by atoms with Crippen molar-refractivity contribution in [2.45, 2.75) is 50.6 Å². The average Bonchev–Trinajstić information content (AvgIpc) is 2.97. The molecule has 0 amide bonds. The molecule has 15 heavy (non-hydrogen) atoms. The van der Waals surface area contributed by atoms with Crippen molar-refractivity contribution in [2.24, 2.45) is 0 Å². The molecule has 86 valence electrons. The molecule has 0 spiro atoms. The minimum atomic E-state index is 0.773. The number of nitrogens with one attached hydrogen (secondary N) is 1. The molecule has 0 bridgehead atoms. The number of hydrogen-bond donors (Lipinski definition) is 1. The fraction of sp³-hybridized carbons (Fsp3) is 0.846. The summed E-state index contributed by atoms with van der Waals surface area (Å²) in [5.74, 6) is 0. The molecule has 1 aliphatic carbocycles. The Morgan fingerprint density at radius 3 is 2.80 bits per heavy atom. The van der Waals surface area contributed by atoms with Crippen molar-refractivity contribution in [1.29, 1.82) is 0 Å². The summed E-state index contributed by atoms with van der Waals surface area (Å²) in [6, 6.07) is 1.69. The zero-order valence-electron chi connectivity index (χ0n) is 9.75. The zero-order valence-corrected chi connectivity index (χ0v) is 9.75. The lowest BCUT2D eigenvalue weighted by Crippen LogP contribution is -2.39. The summed E-state index contributed by atoms with van der Waals surface area (Å²) < 4.78 is 0. The Balaban J connectivity index is 1.70. The van der Waals surface area contributed by atoms with Gasteiger partial charge in [-0.25, -0.2) is 0 Å². The lowest BCUT2D eigenvalue weighted by molar-refractivity contribution is 0.237. The summed E-state index contributed by atoms with van der Waals surface area (Å²) in [6.45, 7) is 7.57. The fourth-order valence-electron chi connectivity index (χ4n) is 2.50. The molecular weight excluding hydrogens is 184 g/mol. The first kappa shape index (κ1) is 11.2. The van der Waals surface area contributed by atoms with Gasteiger partial charge in [-0.1, -0.05) is 6.08 Å². The maximum Gasteiger partial charge on any atom is 0.0195 e. The van der Waals surface area contributed by atoms with E-state index in [9.17, 15) is 0 Å². The largest absolute Gasteiger partial charge is 0.313 e. The monoisotopic (exact) mass is 208 g/mol. The van der Waals surface area contributed by atoms with Crippen LogP contribution in [0, 0.1) is 0 Å². The second-order valence-electron chi connectivity index (χ2n) is 4.95. The van der Waals surface area contributed by atoms with Crippen molar-refractivity contribution in [2.75, 3.05) is 19.6 Å². The lowest BCUT2D eigenvalue weighted by Gasteiger charge is -2.25. The van der Waals surface area contributed by atoms with E-state index >= 15 is 0 Å². The van der Waals surface area contributed by atoms with Gasteiger partial charge in [0.05, 0.1) is 0 Å². The summed E-state index contributed by atoms with van der Waals surface area (Å²) in [5, 5.41) is 3.60. The van der Waals surface area contributed by atoms with E-state index in [0.717, 1.165) is 12.1 Å². The highest BCUT2D eigenvalue weighted by atomic mass is 15.2. The van der Waals surface area contributed by atoms with Crippen LogP contribution < -0.4 is 5.32 Å². The van der Waals surface area contributed by atoms with Gasteiger partial charge in [-0.15, -0.1) is 6.58 Å². The van der Waals surface area contributed by atoms with Crippen LogP contribution in [-0.2, 0) is 0 Å². The number of nitrogens with zero attached hydrogens (tertiary/aromatic N) is 1. The maximum atomic E-state index is 3.79. The Labute approximate surface area is 93.7 Å². The van der Waals surface area contributed by atoms with Crippen LogP contribution in [0.3, 0.4) is 0 Å². The molecular formula is C13H24N2. The van der Waals surface area contributed by atoms with Crippen LogP contribution in [0.15, 0.2) is 12.7 Å². The molecule has 2 rings (SSSR count). The summed E-state index contributed by atoms with van der Waals surface area (Å²) in [5.41, 5.74) is 0.